The molecule has 2 aromatic rings. The number of nitrogens with one attached hydrogen (secondary N) is 1. The van der Waals surface area contributed by atoms with Gasteiger partial charge in [-0.3, -0.25) is 14.5 Å². The first-order chi connectivity index (χ1) is 13.0. The van der Waals surface area contributed by atoms with Crippen LogP contribution in [0.3, 0.4) is 0 Å². The van der Waals surface area contributed by atoms with E-state index in [1.54, 1.807) is 24.3 Å². The summed E-state index contributed by atoms with van der Waals surface area (Å²) in [4.78, 5) is 34.3. The normalized spacial score (nSPS) is 16.3. The quantitative estimate of drug-likeness (QED) is 0.704. The molecule has 3 heterocycles. The molecule has 1 atom stereocenters. The maximum atomic E-state index is 12.7. The largest absolute Gasteiger partial charge is 0.340 e. The molecule has 1 aliphatic heterocycles. The summed E-state index contributed by atoms with van der Waals surface area (Å²) in [5.74, 6) is -0.235. The molecule has 0 aromatic carbocycles. The van der Waals surface area contributed by atoms with Gasteiger partial charge in [-0.15, -0.1) is 22.7 Å². The fourth-order valence-electron chi connectivity index (χ4n) is 2.98. The maximum Gasteiger partial charge on any atom is 0.262 e. The molecule has 0 bridgehead atoms. The molecule has 2 amide bonds. The lowest BCUT2D eigenvalue weighted by Crippen LogP contribution is -2.53. The highest BCUT2D eigenvalue weighted by atomic mass is 79.9. The predicted octanol–water partition coefficient (Wildman–Crippen LogP) is 2.99. The fourth-order valence-corrected chi connectivity index (χ4v) is 5.00. The number of thiophene rings is 1. The van der Waals surface area contributed by atoms with Gasteiger partial charge < -0.3 is 10.2 Å². The first-order valence-corrected chi connectivity index (χ1v) is 11.5. The van der Waals surface area contributed by atoms with Crippen molar-refractivity contribution in [1.29, 1.82) is 0 Å². The number of aryl methyl sites for hydroxylation is 1. The van der Waals surface area contributed by atoms with Gasteiger partial charge in [0.05, 0.1) is 19.4 Å². The molecule has 0 saturated carbocycles. The molecule has 0 aliphatic carbocycles. The first-order valence-electron chi connectivity index (χ1n) is 8.97. The molecular formula is C18H23BrN4O2S2. The molecule has 3 rings (SSSR count). The Bertz CT molecular complexity index is 799. The molecule has 1 aliphatic rings. The summed E-state index contributed by atoms with van der Waals surface area (Å²) in [6, 6.07) is 3.05. The Labute approximate surface area is 175 Å². The number of amides is 2. The molecule has 1 unspecified atom stereocenters. The van der Waals surface area contributed by atoms with Gasteiger partial charge in [0, 0.05) is 38.1 Å². The van der Waals surface area contributed by atoms with Crippen LogP contribution in [0.1, 0.15) is 34.2 Å². The van der Waals surface area contributed by atoms with Crippen molar-refractivity contribution in [3.05, 3.63) is 36.9 Å². The Morgan fingerprint density at radius 3 is 2.63 bits per heavy atom. The summed E-state index contributed by atoms with van der Waals surface area (Å²) in [5.41, 5.74) is 1.11. The van der Waals surface area contributed by atoms with Crippen molar-refractivity contribution in [2.24, 2.45) is 0 Å². The van der Waals surface area contributed by atoms with E-state index in [0.717, 1.165) is 35.5 Å². The second kappa shape index (κ2) is 9.27. The van der Waals surface area contributed by atoms with Crippen molar-refractivity contribution in [3.8, 4) is 0 Å². The lowest BCUT2D eigenvalue weighted by atomic mass is 10.2. The highest BCUT2D eigenvalue weighted by Crippen LogP contribution is 2.22. The van der Waals surface area contributed by atoms with E-state index < -0.39 is 6.04 Å². The van der Waals surface area contributed by atoms with Crippen LogP contribution >= 0.6 is 38.6 Å². The number of rotatable bonds is 6. The minimum atomic E-state index is -0.532. The van der Waals surface area contributed by atoms with E-state index in [1.807, 2.05) is 11.0 Å². The van der Waals surface area contributed by atoms with E-state index in [-0.39, 0.29) is 11.8 Å². The zero-order chi connectivity index (χ0) is 19.4. The molecule has 9 heteroatoms. The van der Waals surface area contributed by atoms with E-state index in [1.165, 1.54) is 16.3 Å². The summed E-state index contributed by atoms with van der Waals surface area (Å²) < 4.78 is 0.897. The Morgan fingerprint density at radius 1 is 1.30 bits per heavy atom. The number of carbonyl (C=O) groups is 2. The standard InChI is InChI=1S/C18H23BrN4O2S2/c1-3-16-21-13(11-26-16)10-22-6-8-23(9-7-22)18(25)12(2)20-17(24)14-4-5-15(19)27-14/h4-5,11-12H,3,6-10H2,1-2H3,(H,20,24). The molecule has 1 N–H and O–H groups in total. The number of hydrogen-bond acceptors (Lipinski definition) is 6. The second-order valence-electron chi connectivity index (χ2n) is 6.49. The molecular weight excluding hydrogens is 448 g/mol. The summed E-state index contributed by atoms with van der Waals surface area (Å²) in [6.07, 6.45) is 0.971. The third-order valence-electron chi connectivity index (χ3n) is 4.49. The van der Waals surface area contributed by atoms with Gasteiger partial charge in [-0.2, -0.15) is 0 Å². The van der Waals surface area contributed by atoms with E-state index in [9.17, 15) is 9.59 Å². The second-order valence-corrected chi connectivity index (χ2v) is 9.89. The van der Waals surface area contributed by atoms with Gasteiger partial charge >= 0.3 is 0 Å². The molecule has 6 nitrogen and oxygen atoms in total. The van der Waals surface area contributed by atoms with Crippen LogP contribution in [0.5, 0.6) is 0 Å². The van der Waals surface area contributed by atoms with E-state index in [0.29, 0.717) is 18.0 Å². The van der Waals surface area contributed by atoms with Crippen LogP contribution in [0.2, 0.25) is 0 Å². The maximum absolute atomic E-state index is 12.7. The summed E-state index contributed by atoms with van der Waals surface area (Å²) >= 11 is 6.41. The number of halogens is 1. The van der Waals surface area contributed by atoms with Crippen LogP contribution < -0.4 is 5.32 Å². The molecule has 1 fully saturated rings. The highest BCUT2D eigenvalue weighted by Gasteiger charge is 2.26. The third-order valence-corrected chi connectivity index (χ3v) is 7.15. The van der Waals surface area contributed by atoms with Crippen molar-refractivity contribution in [3.63, 3.8) is 0 Å². The van der Waals surface area contributed by atoms with Crippen molar-refractivity contribution in [2.75, 3.05) is 26.2 Å². The van der Waals surface area contributed by atoms with Gasteiger partial charge in [-0.1, -0.05) is 6.92 Å². The minimum Gasteiger partial charge on any atom is -0.340 e. The Morgan fingerprint density at radius 2 is 2.04 bits per heavy atom. The lowest BCUT2D eigenvalue weighted by molar-refractivity contribution is -0.134. The molecule has 146 valence electrons. The highest BCUT2D eigenvalue weighted by molar-refractivity contribution is 9.11. The average Bonchev–Trinajstić information content (AvgIpc) is 3.30. The minimum absolute atomic E-state index is 0.0273. The Kier molecular flexibility index (Phi) is 7.02. The number of aromatic nitrogens is 1. The van der Waals surface area contributed by atoms with E-state index >= 15 is 0 Å². The number of thiazole rings is 1. The molecule has 0 radical (unpaired) electrons. The van der Waals surface area contributed by atoms with Crippen LogP contribution in [0.25, 0.3) is 0 Å². The van der Waals surface area contributed by atoms with E-state index in [4.69, 9.17) is 0 Å². The van der Waals surface area contributed by atoms with Crippen molar-refractivity contribution in [1.82, 2.24) is 20.1 Å². The average molecular weight is 471 g/mol. The summed E-state index contributed by atoms with van der Waals surface area (Å²) in [7, 11) is 0. The number of piperazine rings is 1. The summed E-state index contributed by atoms with van der Waals surface area (Å²) in [6.45, 7) is 7.69. The van der Waals surface area contributed by atoms with Crippen molar-refractivity contribution < 1.29 is 9.59 Å². The van der Waals surface area contributed by atoms with Gasteiger partial charge in [-0.05, 0) is 41.4 Å². The Hall–Kier alpha value is -1.29. The molecule has 1 saturated heterocycles. The monoisotopic (exact) mass is 470 g/mol. The van der Waals surface area contributed by atoms with Crippen LogP contribution in [0.15, 0.2) is 21.3 Å². The number of hydrogen-bond donors (Lipinski definition) is 1. The van der Waals surface area contributed by atoms with Gasteiger partial charge in [0.25, 0.3) is 5.91 Å². The van der Waals surface area contributed by atoms with Crippen molar-refractivity contribution in [2.45, 2.75) is 32.9 Å². The van der Waals surface area contributed by atoms with E-state index in [2.05, 4.69) is 43.4 Å². The van der Waals surface area contributed by atoms with Gasteiger partial charge in [0.2, 0.25) is 5.91 Å². The zero-order valence-electron chi connectivity index (χ0n) is 15.4. The summed E-state index contributed by atoms with van der Waals surface area (Å²) in [5, 5.41) is 6.09. The predicted molar refractivity (Wildman–Crippen MR) is 112 cm³/mol. The van der Waals surface area contributed by atoms with Gasteiger partial charge in [0.1, 0.15) is 6.04 Å². The van der Waals surface area contributed by atoms with Gasteiger partial charge in [-0.25, -0.2) is 4.98 Å². The topological polar surface area (TPSA) is 65.5 Å². The number of carbonyl (C=O) groups excluding carboxylic acids is 2. The SMILES string of the molecule is CCc1nc(CN2CCN(C(=O)C(C)NC(=O)c3ccc(Br)s3)CC2)cs1. The van der Waals surface area contributed by atoms with Gasteiger partial charge in [0.15, 0.2) is 0 Å². The molecule has 2 aromatic heterocycles. The third kappa shape index (κ3) is 5.37. The van der Waals surface area contributed by atoms with Crippen molar-refractivity contribution >= 4 is 50.4 Å². The van der Waals surface area contributed by atoms with Crippen LogP contribution in [0.4, 0.5) is 0 Å². The van der Waals surface area contributed by atoms with Crippen LogP contribution in [-0.2, 0) is 17.8 Å². The molecule has 0 spiro atoms. The molecule has 27 heavy (non-hydrogen) atoms. The van der Waals surface area contributed by atoms with Crippen LogP contribution in [-0.4, -0.2) is 58.8 Å². The zero-order valence-corrected chi connectivity index (χ0v) is 18.6. The Balaban J connectivity index is 1.46. The lowest BCUT2D eigenvalue weighted by Gasteiger charge is -2.35. The smallest absolute Gasteiger partial charge is 0.262 e. The fraction of sp³-hybridized carbons (Fsp3) is 0.500. The number of nitrogens with zero attached hydrogens (tertiary/aromatic N) is 3. The first kappa shape index (κ1) is 20.4. The van der Waals surface area contributed by atoms with Crippen LogP contribution in [0, 0.1) is 0 Å².